The molecule has 1 amide bonds. The molecule has 112 valence electrons. The minimum absolute atomic E-state index is 0.0458. The van der Waals surface area contributed by atoms with E-state index in [2.05, 4.69) is 23.7 Å². The Hall–Kier alpha value is -0.980. The van der Waals surface area contributed by atoms with Gasteiger partial charge in [0.1, 0.15) is 10.7 Å². The van der Waals surface area contributed by atoms with Crippen LogP contribution in [0, 0.1) is 5.92 Å². The van der Waals surface area contributed by atoms with Crippen molar-refractivity contribution in [2.45, 2.75) is 26.8 Å². The standard InChI is InChI=1S/C14H24N4OS/c1-11(2)3-4-17-5-7-18(8-6-17)14(19)12-10-20-13(9-15)16-12/h10-11H,3-9,15H2,1-2H3. The summed E-state index contributed by atoms with van der Waals surface area (Å²) < 4.78 is 0. The predicted octanol–water partition coefficient (Wildman–Crippen LogP) is 1.41. The number of piperazine rings is 1. The van der Waals surface area contributed by atoms with Gasteiger partial charge in [-0.15, -0.1) is 11.3 Å². The number of amides is 1. The number of thiazole rings is 1. The van der Waals surface area contributed by atoms with Crippen LogP contribution < -0.4 is 5.73 Å². The first-order chi connectivity index (χ1) is 9.60. The lowest BCUT2D eigenvalue weighted by Gasteiger charge is -2.34. The van der Waals surface area contributed by atoms with Crippen LogP contribution in [0.4, 0.5) is 0 Å². The van der Waals surface area contributed by atoms with E-state index >= 15 is 0 Å². The lowest BCUT2D eigenvalue weighted by Crippen LogP contribution is -2.49. The Morgan fingerprint density at radius 1 is 1.40 bits per heavy atom. The molecule has 0 saturated carbocycles. The first-order valence-corrected chi connectivity index (χ1v) is 8.14. The summed E-state index contributed by atoms with van der Waals surface area (Å²) in [5.41, 5.74) is 6.08. The van der Waals surface area contributed by atoms with Crippen LogP contribution >= 0.6 is 11.3 Å². The summed E-state index contributed by atoms with van der Waals surface area (Å²) in [5.74, 6) is 0.781. The summed E-state index contributed by atoms with van der Waals surface area (Å²) in [4.78, 5) is 20.9. The molecule has 1 fully saturated rings. The van der Waals surface area contributed by atoms with Crippen LogP contribution in [0.15, 0.2) is 5.38 Å². The van der Waals surface area contributed by atoms with Crippen molar-refractivity contribution >= 4 is 17.2 Å². The van der Waals surface area contributed by atoms with E-state index in [1.165, 1.54) is 17.8 Å². The molecule has 1 aromatic heterocycles. The summed E-state index contributed by atoms with van der Waals surface area (Å²) in [6.45, 7) is 9.56. The van der Waals surface area contributed by atoms with Crippen molar-refractivity contribution in [3.05, 3.63) is 16.1 Å². The molecule has 0 unspecified atom stereocenters. The van der Waals surface area contributed by atoms with Gasteiger partial charge >= 0.3 is 0 Å². The first-order valence-electron chi connectivity index (χ1n) is 7.26. The highest BCUT2D eigenvalue weighted by Gasteiger charge is 2.23. The van der Waals surface area contributed by atoms with E-state index in [4.69, 9.17) is 5.73 Å². The third-order valence-electron chi connectivity index (χ3n) is 3.63. The van der Waals surface area contributed by atoms with Crippen molar-refractivity contribution in [2.75, 3.05) is 32.7 Å². The molecule has 6 heteroatoms. The van der Waals surface area contributed by atoms with E-state index < -0.39 is 0 Å². The van der Waals surface area contributed by atoms with Crippen molar-refractivity contribution in [1.29, 1.82) is 0 Å². The number of hydrogen-bond donors (Lipinski definition) is 1. The average molecular weight is 296 g/mol. The van der Waals surface area contributed by atoms with Gasteiger partial charge in [0, 0.05) is 38.1 Å². The van der Waals surface area contributed by atoms with Gasteiger partial charge in [-0.3, -0.25) is 9.69 Å². The van der Waals surface area contributed by atoms with Crippen molar-refractivity contribution < 1.29 is 4.79 Å². The SMILES string of the molecule is CC(C)CCN1CCN(C(=O)c2csc(CN)n2)CC1. The quantitative estimate of drug-likeness (QED) is 0.892. The number of rotatable bonds is 5. The van der Waals surface area contributed by atoms with Gasteiger partial charge in [-0.1, -0.05) is 13.8 Å². The van der Waals surface area contributed by atoms with Crippen LogP contribution in [0.25, 0.3) is 0 Å². The largest absolute Gasteiger partial charge is 0.335 e. The van der Waals surface area contributed by atoms with Crippen molar-refractivity contribution in [2.24, 2.45) is 11.7 Å². The number of carbonyl (C=O) groups excluding carboxylic acids is 1. The number of carbonyl (C=O) groups is 1. The van der Waals surface area contributed by atoms with E-state index in [1.54, 1.807) is 0 Å². The van der Waals surface area contributed by atoms with E-state index in [1.807, 2.05) is 10.3 Å². The molecule has 0 radical (unpaired) electrons. The summed E-state index contributed by atoms with van der Waals surface area (Å²) in [5, 5.41) is 2.64. The highest BCUT2D eigenvalue weighted by molar-refractivity contribution is 7.09. The zero-order chi connectivity index (χ0) is 14.5. The summed E-state index contributed by atoms with van der Waals surface area (Å²) in [6.07, 6.45) is 1.22. The maximum Gasteiger partial charge on any atom is 0.273 e. The van der Waals surface area contributed by atoms with Crippen molar-refractivity contribution in [1.82, 2.24) is 14.8 Å². The molecule has 1 aliphatic rings. The Bertz CT molecular complexity index is 438. The Labute approximate surface area is 124 Å². The van der Waals surface area contributed by atoms with E-state index in [0.717, 1.165) is 43.6 Å². The summed E-state index contributed by atoms with van der Waals surface area (Å²) in [6, 6.07) is 0. The molecule has 2 rings (SSSR count). The molecule has 0 aromatic carbocycles. The topological polar surface area (TPSA) is 62.5 Å². The Morgan fingerprint density at radius 3 is 2.65 bits per heavy atom. The van der Waals surface area contributed by atoms with Gasteiger partial charge in [0.15, 0.2) is 0 Å². The van der Waals surface area contributed by atoms with Crippen molar-refractivity contribution in [3.8, 4) is 0 Å². The number of hydrogen-bond acceptors (Lipinski definition) is 5. The highest BCUT2D eigenvalue weighted by atomic mass is 32.1. The molecule has 5 nitrogen and oxygen atoms in total. The number of nitrogens with two attached hydrogens (primary N) is 1. The van der Waals surface area contributed by atoms with Gasteiger partial charge < -0.3 is 10.6 Å². The third-order valence-corrected chi connectivity index (χ3v) is 4.50. The fourth-order valence-electron chi connectivity index (χ4n) is 2.28. The van der Waals surface area contributed by atoms with Crippen LogP contribution in [-0.2, 0) is 6.54 Å². The average Bonchev–Trinajstić information content (AvgIpc) is 2.94. The van der Waals surface area contributed by atoms with Gasteiger partial charge in [0.05, 0.1) is 0 Å². The maximum atomic E-state index is 12.3. The minimum Gasteiger partial charge on any atom is -0.335 e. The van der Waals surface area contributed by atoms with Crippen LogP contribution in [0.3, 0.4) is 0 Å². The smallest absolute Gasteiger partial charge is 0.273 e. The Morgan fingerprint density at radius 2 is 2.10 bits per heavy atom. The molecular weight excluding hydrogens is 272 g/mol. The maximum absolute atomic E-state index is 12.3. The molecule has 0 aliphatic carbocycles. The molecule has 0 atom stereocenters. The second-order valence-corrected chi connectivity index (χ2v) is 6.59. The molecule has 0 bridgehead atoms. The van der Waals surface area contributed by atoms with E-state index in [9.17, 15) is 4.79 Å². The van der Waals surface area contributed by atoms with E-state index in [0.29, 0.717) is 12.2 Å². The van der Waals surface area contributed by atoms with E-state index in [-0.39, 0.29) is 5.91 Å². The molecule has 2 heterocycles. The molecule has 0 spiro atoms. The number of nitrogens with zero attached hydrogens (tertiary/aromatic N) is 3. The third kappa shape index (κ3) is 4.01. The van der Waals surface area contributed by atoms with Crippen LogP contribution in [0.2, 0.25) is 0 Å². The second kappa shape index (κ2) is 7.15. The van der Waals surface area contributed by atoms with Crippen molar-refractivity contribution in [3.63, 3.8) is 0 Å². The fourth-order valence-corrected chi connectivity index (χ4v) is 2.93. The molecule has 1 saturated heterocycles. The number of aromatic nitrogens is 1. The van der Waals surface area contributed by atoms with Gasteiger partial charge in [-0.25, -0.2) is 4.98 Å². The second-order valence-electron chi connectivity index (χ2n) is 5.65. The van der Waals surface area contributed by atoms with Crippen LogP contribution in [0.1, 0.15) is 35.8 Å². The molecule has 1 aliphatic heterocycles. The van der Waals surface area contributed by atoms with Gasteiger partial charge in [0.25, 0.3) is 5.91 Å². The lowest BCUT2D eigenvalue weighted by atomic mass is 10.1. The molecule has 1 aromatic rings. The monoisotopic (exact) mass is 296 g/mol. The molecule has 20 heavy (non-hydrogen) atoms. The zero-order valence-corrected chi connectivity index (χ0v) is 13.2. The minimum atomic E-state index is 0.0458. The predicted molar refractivity (Wildman–Crippen MR) is 81.8 cm³/mol. The van der Waals surface area contributed by atoms with Crippen LogP contribution in [-0.4, -0.2) is 53.4 Å². The molecular formula is C14H24N4OS. The molecule has 2 N–H and O–H groups in total. The van der Waals surface area contributed by atoms with Gasteiger partial charge in [0.2, 0.25) is 0 Å². The first kappa shape index (κ1) is 15.4. The van der Waals surface area contributed by atoms with Crippen LogP contribution in [0.5, 0.6) is 0 Å². The normalized spacial score (nSPS) is 16.9. The summed E-state index contributed by atoms with van der Waals surface area (Å²) >= 11 is 1.46. The lowest BCUT2D eigenvalue weighted by molar-refractivity contribution is 0.0626. The highest BCUT2D eigenvalue weighted by Crippen LogP contribution is 2.13. The Kier molecular flexibility index (Phi) is 5.51. The Balaban J connectivity index is 1.82. The zero-order valence-electron chi connectivity index (χ0n) is 12.3. The summed E-state index contributed by atoms with van der Waals surface area (Å²) in [7, 11) is 0. The van der Waals surface area contributed by atoms with Gasteiger partial charge in [-0.2, -0.15) is 0 Å². The van der Waals surface area contributed by atoms with Gasteiger partial charge in [-0.05, 0) is 18.9 Å². The fraction of sp³-hybridized carbons (Fsp3) is 0.714.